The molecule has 13 rings (SSSR count). The molecule has 0 saturated carbocycles. The van der Waals surface area contributed by atoms with E-state index in [1.54, 1.807) is 12.5 Å². The Kier molecular flexibility index (Phi) is 15.8. The molecule has 1 aliphatic heterocycles. The van der Waals surface area contributed by atoms with Crippen molar-refractivity contribution in [2.45, 2.75) is 93.5 Å². The van der Waals surface area contributed by atoms with E-state index in [2.05, 4.69) is 218 Å². The van der Waals surface area contributed by atoms with E-state index < -0.39 is 0 Å². The monoisotopic (exact) mass is 1120 g/mol. The Hall–Kier alpha value is -10.3. The van der Waals surface area contributed by atoms with Crippen LogP contribution in [0.1, 0.15) is 141 Å². The number of hydrogen-bond acceptors (Lipinski definition) is 7. The van der Waals surface area contributed by atoms with E-state index in [0.29, 0.717) is 11.7 Å². The molecule has 4 aliphatic carbocycles. The van der Waals surface area contributed by atoms with Gasteiger partial charge in [-0.3, -0.25) is 15.0 Å². The third-order valence-electron chi connectivity index (χ3n) is 16.2. The fraction of sp³-hybridized carbons (Fsp3) is 0.197. The molecule has 10 heteroatoms. The molecule has 86 heavy (non-hydrogen) atoms. The summed E-state index contributed by atoms with van der Waals surface area (Å²) in [6, 6.07) is 12.6. The molecule has 0 amide bonds. The van der Waals surface area contributed by atoms with E-state index in [1.807, 2.05) is 67.3 Å². The van der Waals surface area contributed by atoms with Crippen molar-refractivity contribution in [1.29, 1.82) is 0 Å². The van der Waals surface area contributed by atoms with Gasteiger partial charge in [-0.1, -0.05) is 70.2 Å². The molecule has 5 aliphatic rings. The predicted octanol–water partition coefficient (Wildman–Crippen LogP) is 18.8. The van der Waals surface area contributed by atoms with Crippen LogP contribution >= 0.6 is 0 Å². The number of allylic oxidation sites excluding steroid dienone is 17. The number of imidazole rings is 1. The van der Waals surface area contributed by atoms with E-state index in [9.17, 15) is 0 Å². The Morgan fingerprint density at radius 1 is 0.837 bits per heavy atom. The third-order valence-corrected chi connectivity index (χ3v) is 16.2. The summed E-state index contributed by atoms with van der Waals surface area (Å²) in [6.07, 6.45) is 49.9. The van der Waals surface area contributed by atoms with Crippen molar-refractivity contribution in [3.8, 4) is 11.5 Å². The van der Waals surface area contributed by atoms with Crippen molar-refractivity contribution in [1.82, 2.24) is 33.6 Å². The van der Waals surface area contributed by atoms with Gasteiger partial charge in [0.15, 0.2) is 5.76 Å². The van der Waals surface area contributed by atoms with E-state index in [0.717, 1.165) is 159 Å². The van der Waals surface area contributed by atoms with Crippen molar-refractivity contribution in [3.63, 3.8) is 0 Å². The molecule has 1 aromatic carbocycles. The lowest BCUT2D eigenvalue weighted by atomic mass is 9.90. The summed E-state index contributed by atoms with van der Waals surface area (Å²) in [5, 5.41) is 2.19. The van der Waals surface area contributed by atoms with Crippen molar-refractivity contribution in [2.24, 2.45) is 4.99 Å². The summed E-state index contributed by atoms with van der Waals surface area (Å²) in [5.41, 5.74) is 35.0. The van der Waals surface area contributed by atoms with Gasteiger partial charge in [0.05, 0.1) is 46.6 Å². The fourth-order valence-electron chi connectivity index (χ4n) is 12.0. The molecule has 1 atom stereocenters. The third kappa shape index (κ3) is 10.5. The molecule has 8 heterocycles. The van der Waals surface area contributed by atoms with Crippen LogP contribution in [-0.4, -0.2) is 45.9 Å². The Bertz CT molecular complexity index is 4630. The maximum atomic E-state index is 7.54. The highest BCUT2D eigenvalue weighted by Gasteiger charge is 2.30. The summed E-state index contributed by atoms with van der Waals surface area (Å²) < 4.78 is 20.3. The summed E-state index contributed by atoms with van der Waals surface area (Å²) in [7, 11) is 0. The predicted molar refractivity (Wildman–Crippen MR) is 355 cm³/mol. The lowest BCUT2D eigenvalue weighted by Crippen LogP contribution is -2.08. The van der Waals surface area contributed by atoms with Crippen LogP contribution in [0.25, 0.3) is 86.2 Å². The van der Waals surface area contributed by atoms with E-state index in [1.165, 1.54) is 6.42 Å². The average Bonchev–Trinajstić information content (AvgIpc) is 1.97. The maximum absolute atomic E-state index is 7.54. The molecule has 0 radical (unpaired) electrons. The van der Waals surface area contributed by atoms with Gasteiger partial charge in [0.2, 0.25) is 5.89 Å². The average molecular weight is 1130 g/mol. The van der Waals surface area contributed by atoms with Crippen LogP contribution in [0.5, 0.6) is 0 Å². The lowest BCUT2D eigenvalue weighted by molar-refractivity contribution is 0.484. The molecule has 0 fully saturated rings. The number of nitrogens with zero attached hydrogens (tertiary/aromatic N) is 8. The van der Waals surface area contributed by atoms with Crippen LogP contribution in [0.15, 0.2) is 212 Å². The lowest BCUT2D eigenvalue weighted by Gasteiger charge is -2.16. The fourth-order valence-corrected chi connectivity index (χ4v) is 12.0. The minimum Gasteiger partial charge on any atom is -0.458 e. The first-order chi connectivity index (χ1) is 42.0. The second-order valence-electron chi connectivity index (χ2n) is 22.3. The SMILES string of the molecule is C=C/C=C\c1c(C)c2c(n1C1=CC=C=CC(c3nc(C)c(C)n3C(C)C)=C1)C=C=CC(C1=Cc3c(oc(C(C)C4=CC(C5=NCCC5)=C=CC=C4)c3/C=C(\C)n3c4cnccc4c4ccncc43)C(c3cccc(-c4ncco4)c3)=C=C1)=C2.CCC. The van der Waals surface area contributed by atoms with Crippen LogP contribution in [0.4, 0.5) is 0 Å². The molecular formula is C76H68N8O2. The van der Waals surface area contributed by atoms with Crippen LogP contribution in [0.3, 0.4) is 0 Å². The van der Waals surface area contributed by atoms with E-state index >= 15 is 0 Å². The standard InChI is InChI=1S/C73H60N8O2.C3H8/c1-9-10-26-66-48(6)62-41-52(21-16-27-67(62)81(66)58-24-14-13-20-56(40-58)72-78-49(7)50(8)79(72)45(2)3)53-28-29-59(54-22-15-23-57(39-54)73-77-35-36-82-73)71-64(42-53)63(37-46(4)80-68-43-74-33-30-60(68)61-31-34-75-44-69(61)80)70(83-71)47(5)51-18-11-12-19-55(38-51)65-25-17-32-76-65;1-3-2/h9-12,14-15,18,20-24,26-28,30-31,33-45,47H,1,17,25,32H2,2-8H3;3H2,1-2H3/b26-10-,46-37+;. The van der Waals surface area contributed by atoms with Gasteiger partial charge in [-0.15, -0.1) is 22.9 Å². The topological polar surface area (TPSA) is 105 Å². The van der Waals surface area contributed by atoms with Crippen LogP contribution in [-0.2, 0) is 0 Å². The number of aromatic nitrogens is 7. The second kappa shape index (κ2) is 24.1. The first kappa shape index (κ1) is 56.2. The van der Waals surface area contributed by atoms with Gasteiger partial charge >= 0.3 is 0 Å². The van der Waals surface area contributed by atoms with E-state index in [4.69, 9.17) is 18.8 Å². The summed E-state index contributed by atoms with van der Waals surface area (Å²) in [5.74, 6) is 2.68. The normalized spacial score (nSPS) is 15.7. The number of furan rings is 1. The Balaban J connectivity index is 0.00000236. The van der Waals surface area contributed by atoms with Crippen molar-refractivity contribution < 1.29 is 8.83 Å². The highest BCUT2D eigenvalue weighted by molar-refractivity contribution is 6.10. The summed E-state index contributed by atoms with van der Waals surface area (Å²) in [4.78, 5) is 23.8. The van der Waals surface area contributed by atoms with Crippen molar-refractivity contribution >= 4 is 80.4 Å². The molecule has 8 aromatic rings. The molecule has 0 spiro atoms. The number of fused-ring (bicyclic) bond motifs is 5. The summed E-state index contributed by atoms with van der Waals surface area (Å²) in [6.45, 7) is 24.3. The highest BCUT2D eigenvalue weighted by atomic mass is 16.3. The minimum absolute atomic E-state index is 0.214. The number of aliphatic imine (C=N–C) groups is 1. The highest BCUT2D eigenvalue weighted by Crippen LogP contribution is 2.45. The van der Waals surface area contributed by atoms with Crippen LogP contribution in [0.2, 0.25) is 0 Å². The number of rotatable bonds is 13. The zero-order valence-corrected chi connectivity index (χ0v) is 50.3. The van der Waals surface area contributed by atoms with Gasteiger partial charge < -0.3 is 22.5 Å². The smallest absolute Gasteiger partial charge is 0.225 e. The maximum Gasteiger partial charge on any atom is 0.225 e. The van der Waals surface area contributed by atoms with Gasteiger partial charge in [-0.2, -0.15) is 0 Å². The minimum atomic E-state index is -0.229. The number of oxazole rings is 1. The molecule has 0 bridgehead atoms. The van der Waals surface area contributed by atoms with Crippen molar-refractivity contribution in [3.05, 3.63) is 266 Å². The van der Waals surface area contributed by atoms with E-state index in [-0.39, 0.29) is 12.0 Å². The first-order valence-electron chi connectivity index (χ1n) is 29.7. The summed E-state index contributed by atoms with van der Waals surface area (Å²) >= 11 is 0. The molecule has 7 aromatic heterocycles. The number of hydrogen-bond donors (Lipinski definition) is 0. The molecule has 424 valence electrons. The quantitative estimate of drug-likeness (QED) is 0.0841. The van der Waals surface area contributed by atoms with Crippen LogP contribution in [0, 0.1) is 20.8 Å². The molecular weight excluding hydrogens is 1060 g/mol. The van der Waals surface area contributed by atoms with Gasteiger partial charge in [0.25, 0.3) is 0 Å². The van der Waals surface area contributed by atoms with Gasteiger partial charge in [0.1, 0.15) is 17.8 Å². The Morgan fingerprint density at radius 2 is 1.59 bits per heavy atom. The Labute approximate surface area is 503 Å². The molecule has 10 nitrogen and oxygen atoms in total. The van der Waals surface area contributed by atoms with Gasteiger partial charge in [0, 0.05) is 110 Å². The molecule has 0 saturated heterocycles. The second-order valence-corrected chi connectivity index (χ2v) is 22.3. The zero-order chi connectivity index (χ0) is 59.6. The number of pyridine rings is 2. The largest absolute Gasteiger partial charge is 0.458 e. The van der Waals surface area contributed by atoms with Crippen molar-refractivity contribution in [2.75, 3.05) is 6.54 Å². The molecule has 1 unspecified atom stereocenters. The number of aryl methyl sites for hydroxylation is 1. The molecule has 0 N–H and O–H groups in total. The van der Waals surface area contributed by atoms with Gasteiger partial charge in [-0.25, -0.2) is 9.97 Å². The van der Waals surface area contributed by atoms with Gasteiger partial charge in [-0.05, 0) is 179 Å². The number of benzene rings is 1. The zero-order valence-electron chi connectivity index (χ0n) is 50.3. The Morgan fingerprint density at radius 3 is 2.33 bits per heavy atom. The van der Waals surface area contributed by atoms with Crippen LogP contribution < -0.4 is 0 Å². The first-order valence-corrected chi connectivity index (χ1v) is 29.7.